The Labute approximate surface area is 80.8 Å². The van der Waals surface area contributed by atoms with Gasteiger partial charge in [-0.2, -0.15) is 0 Å². The molecule has 0 amide bonds. The van der Waals surface area contributed by atoms with Crippen molar-refractivity contribution in [3.8, 4) is 0 Å². The molecule has 0 aliphatic heterocycles. The number of allylic oxidation sites excluding steroid dienone is 4. The summed E-state index contributed by atoms with van der Waals surface area (Å²) in [6, 6.07) is 0. The van der Waals surface area contributed by atoms with E-state index in [9.17, 15) is 4.79 Å². The molecule has 1 nitrogen and oxygen atoms in total. The first-order chi connectivity index (χ1) is 6.35. The Morgan fingerprint density at radius 1 is 1.08 bits per heavy atom. The summed E-state index contributed by atoms with van der Waals surface area (Å²) >= 11 is 0. The zero-order valence-electron chi connectivity index (χ0n) is 8.17. The number of rotatable bonds is 8. The van der Waals surface area contributed by atoms with Crippen LogP contribution in [0.15, 0.2) is 37.0 Å². The minimum atomic E-state index is 0.821. The second kappa shape index (κ2) is 8.98. The van der Waals surface area contributed by atoms with Crippen molar-refractivity contribution in [3.05, 3.63) is 37.0 Å². The fourth-order valence-corrected chi connectivity index (χ4v) is 1.03. The predicted molar refractivity (Wildman–Crippen MR) is 57.6 cm³/mol. The molecule has 0 unspecified atom stereocenters. The summed E-state index contributed by atoms with van der Waals surface area (Å²) in [6.07, 6.45) is 11.5. The molecule has 72 valence electrons. The van der Waals surface area contributed by atoms with Gasteiger partial charge in [-0.25, -0.2) is 0 Å². The van der Waals surface area contributed by atoms with Gasteiger partial charge in [0.2, 0.25) is 0 Å². The van der Waals surface area contributed by atoms with Crippen LogP contribution < -0.4 is 0 Å². The maximum Gasteiger partial charge on any atom is 0.145 e. The Kier molecular flexibility index (Phi) is 8.21. The van der Waals surface area contributed by atoms with Crippen molar-refractivity contribution in [2.24, 2.45) is 0 Å². The van der Waals surface area contributed by atoms with Crippen molar-refractivity contribution in [3.63, 3.8) is 0 Å². The molecule has 0 bridgehead atoms. The summed E-state index contributed by atoms with van der Waals surface area (Å²) in [7, 11) is 0. The summed E-state index contributed by atoms with van der Waals surface area (Å²) in [5.41, 5.74) is 0.893. The highest BCUT2D eigenvalue weighted by molar-refractivity contribution is 5.72. The van der Waals surface area contributed by atoms with E-state index in [0.29, 0.717) is 0 Å². The summed E-state index contributed by atoms with van der Waals surface area (Å²) in [5.74, 6) is 0. The molecule has 0 heterocycles. The molecule has 13 heavy (non-hydrogen) atoms. The lowest BCUT2D eigenvalue weighted by Gasteiger charge is -1.96. The summed E-state index contributed by atoms with van der Waals surface area (Å²) in [5, 5.41) is 0. The second-order valence-electron chi connectivity index (χ2n) is 2.94. The fourth-order valence-electron chi connectivity index (χ4n) is 1.03. The molecule has 0 rings (SSSR count). The van der Waals surface area contributed by atoms with Crippen molar-refractivity contribution in [2.45, 2.75) is 32.1 Å². The van der Waals surface area contributed by atoms with Gasteiger partial charge in [0.05, 0.1) is 0 Å². The second-order valence-corrected chi connectivity index (χ2v) is 2.94. The fraction of sp³-hybridized carbons (Fsp3) is 0.417. The summed E-state index contributed by atoms with van der Waals surface area (Å²) in [6.45, 7) is 7.26. The first-order valence-electron chi connectivity index (χ1n) is 4.71. The first kappa shape index (κ1) is 11.9. The van der Waals surface area contributed by atoms with E-state index in [4.69, 9.17) is 0 Å². The molecular formula is C12H18O. The molecule has 0 radical (unpaired) electrons. The lowest BCUT2D eigenvalue weighted by Crippen LogP contribution is -1.84. The zero-order valence-corrected chi connectivity index (χ0v) is 8.17. The van der Waals surface area contributed by atoms with Crippen LogP contribution in [0.5, 0.6) is 0 Å². The van der Waals surface area contributed by atoms with Crippen LogP contribution in [0.1, 0.15) is 32.1 Å². The SMILES string of the molecule is C=CCCC/C=C(\C=O)CCC=C. The van der Waals surface area contributed by atoms with Crippen LogP contribution in [0.4, 0.5) is 0 Å². The third-order valence-corrected chi connectivity index (χ3v) is 1.81. The lowest BCUT2D eigenvalue weighted by atomic mass is 10.1. The topological polar surface area (TPSA) is 17.1 Å². The summed E-state index contributed by atoms with van der Waals surface area (Å²) < 4.78 is 0. The highest BCUT2D eigenvalue weighted by Gasteiger charge is 1.92. The standard InChI is InChI=1S/C12H18O/c1-3-5-7-8-10-12(11-13)9-6-4-2/h3-4,10-11H,1-2,5-9H2/b12-10-. The largest absolute Gasteiger partial charge is 0.298 e. The van der Waals surface area contributed by atoms with Crippen LogP contribution in [0.25, 0.3) is 0 Å². The number of unbranched alkanes of at least 4 members (excludes halogenated alkanes) is 2. The Hall–Kier alpha value is -1.11. The quantitative estimate of drug-likeness (QED) is 0.241. The third kappa shape index (κ3) is 7.26. The van der Waals surface area contributed by atoms with Crippen LogP contribution in [-0.2, 0) is 4.79 Å². The molecule has 0 fully saturated rings. The molecule has 0 aromatic heterocycles. The zero-order chi connectivity index (χ0) is 9.94. The van der Waals surface area contributed by atoms with Gasteiger partial charge in [-0.1, -0.05) is 18.2 Å². The number of hydrogen-bond acceptors (Lipinski definition) is 1. The predicted octanol–water partition coefficient (Wildman–Crippen LogP) is 3.43. The van der Waals surface area contributed by atoms with E-state index in [0.717, 1.165) is 44.0 Å². The molecule has 0 spiro atoms. The highest BCUT2D eigenvalue weighted by Crippen LogP contribution is 2.06. The first-order valence-corrected chi connectivity index (χ1v) is 4.71. The van der Waals surface area contributed by atoms with Crippen molar-refractivity contribution >= 4 is 6.29 Å². The van der Waals surface area contributed by atoms with Crippen molar-refractivity contribution in [1.82, 2.24) is 0 Å². The number of carbonyl (C=O) groups excluding carboxylic acids is 1. The lowest BCUT2D eigenvalue weighted by molar-refractivity contribution is -0.105. The Balaban J connectivity index is 3.70. The van der Waals surface area contributed by atoms with E-state index in [1.165, 1.54) is 0 Å². The summed E-state index contributed by atoms with van der Waals surface area (Å²) in [4.78, 5) is 10.6. The molecule has 0 aliphatic carbocycles. The monoisotopic (exact) mass is 178 g/mol. The minimum absolute atomic E-state index is 0.821. The van der Waals surface area contributed by atoms with E-state index >= 15 is 0 Å². The number of aldehydes is 1. The smallest absolute Gasteiger partial charge is 0.145 e. The number of hydrogen-bond donors (Lipinski definition) is 0. The average Bonchev–Trinajstić information content (AvgIpc) is 2.17. The molecule has 0 atom stereocenters. The van der Waals surface area contributed by atoms with E-state index < -0.39 is 0 Å². The van der Waals surface area contributed by atoms with Crippen LogP contribution in [0.2, 0.25) is 0 Å². The molecular weight excluding hydrogens is 160 g/mol. The van der Waals surface area contributed by atoms with Crippen LogP contribution >= 0.6 is 0 Å². The maximum absolute atomic E-state index is 10.6. The van der Waals surface area contributed by atoms with Crippen molar-refractivity contribution in [2.75, 3.05) is 0 Å². The van der Waals surface area contributed by atoms with Crippen molar-refractivity contribution < 1.29 is 4.79 Å². The molecule has 0 saturated carbocycles. The minimum Gasteiger partial charge on any atom is -0.298 e. The van der Waals surface area contributed by atoms with E-state index in [-0.39, 0.29) is 0 Å². The van der Waals surface area contributed by atoms with Gasteiger partial charge in [-0.3, -0.25) is 4.79 Å². The molecule has 0 saturated heterocycles. The molecule has 0 aliphatic rings. The molecule has 0 N–H and O–H groups in total. The highest BCUT2D eigenvalue weighted by atomic mass is 16.1. The van der Waals surface area contributed by atoms with E-state index in [2.05, 4.69) is 13.2 Å². The van der Waals surface area contributed by atoms with Gasteiger partial charge < -0.3 is 0 Å². The molecule has 0 aromatic carbocycles. The Morgan fingerprint density at radius 3 is 2.31 bits per heavy atom. The van der Waals surface area contributed by atoms with Gasteiger partial charge in [-0.05, 0) is 37.7 Å². The van der Waals surface area contributed by atoms with Crippen molar-refractivity contribution in [1.29, 1.82) is 0 Å². The van der Waals surface area contributed by atoms with Gasteiger partial charge in [0, 0.05) is 0 Å². The van der Waals surface area contributed by atoms with Gasteiger partial charge >= 0.3 is 0 Å². The van der Waals surface area contributed by atoms with Crippen LogP contribution in [0.3, 0.4) is 0 Å². The van der Waals surface area contributed by atoms with Crippen LogP contribution in [0, 0.1) is 0 Å². The van der Waals surface area contributed by atoms with Gasteiger partial charge in [0.25, 0.3) is 0 Å². The van der Waals surface area contributed by atoms with Gasteiger partial charge in [0.15, 0.2) is 0 Å². The van der Waals surface area contributed by atoms with Gasteiger partial charge in [-0.15, -0.1) is 13.2 Å². The van der Waals surface area contributed by atoms with E-state index in [1.54, 1.807) is 0 Å². The Bertz CT molecular complexity index is 189. The maximum atomic E-state index is 10.6. The third-order valence-electron chi connectivity index (χ3n) is 1.81. The average molecular weight is 178 g/mol. The Morgan fingerprint density at radius 2 is 1.77 bits per heavy atom. The van der Waals surface area contributed by atoms with Gasteiger partial charge in [0.1, 0.15) is 6.29 Å². The normalized spacial score (nSPS) is 10.9. The molecule has 0 aromatic rings. The van der Waals surface area contributed by atoms with E-state index in [1.807, 2.05) is 18.2 Å². The molecule has 1 heteroatoms. The van der Waals surface area contributed by atoms with Crippen LogP contribution in [-0.4, -0.2) is 6.29 Å². The number of carbonyl (C=O) groups is 1.